The summed E-state index contributed by atoms with van der Waals surface area (Å²) < 4.78 is 5.03. The van der Waals surface area contributed by atoms with E-state index in [4.69, 9.17) is 10.5 Å². The molecule has 0 spiro atoms. The first kappa shape index (κ1) is 22.0. The summed E-state index contributed by atoms with van der Waals surface area (Å²) in [5, 5.41) is 12.1. The Morgan fingerprint density at radius 2 is 2.00 bits per heavy atom. The quantitative estimate of drug-likeness (QED) is 0.670. The minimum atomic E-state index is -0.630. The zero-order valence-electron chi connectivity index (χ0n) is 14.4. The number of benzene rings is 1. The lowest BCUT2D eigenvalue weighted by Crippen LogP contribution is -2.47. The van der Waals surface area contributed by atoms with Crippen molar-refractivity contribution in [1.29, 1.82) is 0 Å². The van der Waals surface area contributed by atoms with Crippen LogP contribution >= 0.6 is 12.4 Å². The molecule has 0 aliphatic carbocycles. The van der Waals surface area contributed by atoms with Crippen molar-refractivity contribution in [2.75, 3.05) is 20.7 Å². The van der Waals surface area contributed by atoms with Crippen molar-refractivity contribution < 1.29 is 19.4 Å². The fraction of sp³-hybridized carbons (Fsp3) is 0.500. The van der Waals surface area contributed by atoms with Gasteiger partial charge in [-0.15, -0.1) is 12.4 Å². The van der Waals surface area contributed by atoms with Crippen LogP contribution < -0.4 is 15.8 Å². The number of methoxy groups -OCH3 is 1. The summed E-state index contributed by atoms with van der Waals surface area (Å²) in [4.78, 5) is 25.3. The number of nitrogens with two attached hydrogens (primary N) is 1. The van der Waals surface area contributed by atoms with Gasteiger partial charge in [0.15, 0.2) is 11.5 Å². The van der Waals surface area contributed by atoms with Crippen molar-refractivity contribution in [3.05, 3.63) is 23.8 Å². The molecule has 0 aromatic heterocycles. The highest BCUT2D eigenvalue weighted by atomic mass is 35.5. The van der Waals surface area contributed by atoms with Crippen LogP contribution in [-0.2, 0) is 16.1 Å². The Bertz CT molecular complexity index is 566. The number of carbonyl (C=O) groups is 2. The summed E-state index contributed by atoms with van der Waals surface area (Å²) in [6, 6.07) is 4.24. The number of phenols is 1. The molecule has 2 amide bonds. The van der Waals surface area contributed by atoms with Crippen molar-refractivity contribution in [3.8, 4) is 11.5 Å². The fourth-order valence-electron chi connectivity index (χ4n) is 1.90. The summed E-state index contributed by atoms with van der Waals surface area (Å²) in [5.41, 5.74) is 6.52. The van der Waals surface area contributed by atoms with E-state index in [1.807, 2.05) is 13.8 Å². The highest BCUT2D eigenvalue weighted by Gasteiger charge is 2.18. The normalized spacial score (nSPS) is 11.4. The molecule has 7 nitrogen and oxygen atoms in total. The van der Waals surface area contributed by atoms with Gasteiger partial charge in [-0.2, -0.15) is 0 Å². The van der Waals surface area contributed by atoms with Gasteiger partial charge in [-0.25, -0.2) is 0 Å². The molecule has 4 N–H and O–H groups in total. The molecule has 0 heterocycles. The molecule has 0 unspecified atom stereocenters. The predicted octanol–water partition coefficient (Wildman–Crippen LogP) is 0.881. The molecule has 24 heavy (non-hydrogen) atoms. The van der Waals surface area contributed by atoms with Crippen molar-refractivity contribution >= 4 is 24.2 Å². The lowest BCUT2D eigenvalue weighted by atomic mass is 10.1. The van der Waals surface area contributed by atoms with E-state index in [0.29, 0.717) is 12.3 Å². The molecule has 1 aromatic rings. The molecule has 0 radical (unpaired) electrons. The van der Waals surface area contributed by atoms with Crippen LogP contribution in [0.25, 0.3) is 0 Å². The summed E-state index contributed by atoms with van der Waals surface area (Å²) >= 11 is 0. The van der Waals surface area contributed by atoms with Crippen molar-refractivity contribution in [2.45, 2.75) is 26.4 Å². The van der Waals surface area contributed by atoms with Gasteiger partial charge in [0.1, 0.15) is 0 Å². The molecule has 1 rings (SSSR count). The second kappa shape index (κ2) is 10.00. The number of hydrogen-bond acceptors (Lipinski definition) is 5. The Balaban J connectivity index is 0.00000529. The van der Waals surface area contributed by atoms with Gasteiger partial charge in [-0.05, 0) is 23.6 Å². The van der Waals surface area contributed by atoms with Gasteiger partial charge in [0.25, 0.3) is 0 Å². The van der Waals surface area contributed by atoms with Gasteiger partial charge in [0.05, 0.1) is 19.7 Å². The van der Waals surface area contributed by atoms with Crippen LogP contribution in [0, 0.1) is 5.92 Å². The molecular weight excluding hydrogens is 334 g/mol. The van der Waals surface area contributed by atoms with E-state index in [1.54, 1.807) is 19.2 Å². The molecule has 0 aliphatic rings. The average Bonchev–Trinajstić information content (AvgIpc) is 2.52. The van der Waals surface area contributed by atoms with Gasteiger partial charge in [0.2, 0.25) is 11.8 Å². The molecule has 0 saturated carbocycles. The van der Waals surface area contributed by atoms with Crippen LogP contribution in [0.5, 0.6) is 11.5 Å². The number of nitrogens with zero attached hydrogens (tertiary/aromatic N) is 1. The largest absolute Gasteiger partial charge is 0.504 e. The van der Waals surface area contributed by atoms with E-state index in [2.05, 4.69) is 5.32 Å². The van der Waals surface area contributed by atoms with E-state index < -0.39 is 6.04 Å². The summed E-state index contributed by atoms with van der Waals surface area (Å²) in [7, 11) is 3.09. The first-order chi connectivity index (χ1) is 10.8. The van der Waals surface area contributed by atoms with E-state index >= 15 is 0 Å². The first-order valence-electron chi connectivity index (χ1n) is 7.39. The summed E-state index contributed by atoms with van der Waals surface area (Å²) in [5.74, 6) is -0.179. The van der Waals surface area contributed by atoms with Crippen LogP contribution in [0.2, 0.25) is 0 Å². The molecule has 0 saturated heterocycles. The number of amides is 2. The van der Waals surface area contributed by atoms with E-state index in [1.165, 1.54) is 18.1 Å². The molecular formula is C16H26ClN3O4. The Hall–Kier alpha value is -1.99. The van der Waals surface area contributed by atoms with Crippen molar-refractivity contribution in [1.82, 2.24) is 10.2 Å². The number of rotatable bonds is 7. The Morgan fingerprint density at radius 1 is 1.38 bits per heavy atom. The zero-order valence-corrected chi connectivity index (χ0v) is 15.2. The number of carbonyl (C=O) groups excluding carboxylic acids is 2. The van der Waals surface area contributed by atoms with Gasteiger partial charge in [0, 0.05) is 13.6 Å². The van der Waals surface area contributed by atoms with Gasteiger partial charge in [-0.3, -0.25) is 9.59 Å². The molecule has 136 valence electrons. The third-order valence-corrected chi connectivity index (χ3v) is 3.52. The highest BCUT2D eigenvalue weighted by molar-refractivity contribution is 5.87. The number of nitrogens with one attached hydrogen (secondary N) is 1. The summed E-state index contributed by atoms with van der Waals surface area (Å²) in [6.07, 6.45) is 0. The van der Waals surface area contributed by atoms with E-state index in [-0.39, 0.29) is 42.4 Å². The monoisotopic (exact) mass is 359 g/mol. The third kappa shape index (κ3) is 6.25. The molecule has 0 aliphatic heterocycles. The fourth-order valence-corrected chi connectivity index (χ4v) is 1.90. The Labute approximate surface area is 148 Å². The Morgan fingerprint density at radius 3 is 2.54 bits per heavy atom. The number of phenolic OH excluding ortho intramolecular Hbond substituents is 1. The van der Waals surface area contributed by atoms with Crippen molar-refractivity contribution in [3.63, 3.8) is 0 Å². The second-order valence-electron chi connectivity index (χ2n) is 5.74. The Kier molecular flexibility index (Phi) is 9.17. The van der Waals surface area contributed by atoms with E-state index in [0.717, 1.165) is 5.56 Å². The average molecular weight is 360 g/mol. The van der Waals surface area contributed by atoms with Crippen LogP contribution in [0.4, 0.5) is 0 Å². The van der Waals surface area contributed by atoms with Crippen molar-refractivity contribution in [2.24, 2.45) is 11.7 Å². The highest BCUT2D eigenvalue weighted by Crippen LogP contribution is 2.26. The molecule has 1 atom stereocenters. The zero-order chi connectivity index (χ0) is 17.6. The molecule has 0 bridgehead atoms. The summed E-state index contributed by atoms with van der Waals surface area (Å²) in [6.45, 7) is 3.92. The number of hydrogen-bond donors (Lipinski definition) is 3. The van der Waals surface area contributed by atoms with Crippen LogP contribution in [0.3, 0.4) is 0 Å². The molecule has 0 fully saturated rings. The number of likely N-dealkylation sites (N-methyl/N-ethyl adjacent to an activating group) is 1. The minimum absolute atomic E-state index is 0. The molecule has 8 heteroatoms. The van der Waals surface area contributed by atoms with Crippen LogP contribution in [0.1, 0.15) is 19.4 Å². The number of ether oxygens (including phenoxy) is 1. The maximum absolute atomic E-state index is 12.1. The SMILES string of the molecule is COc1cc(CN(C)C(=O)CNC(=O)[C@@H](N)C(C)C)ccc1O.Cl. The smallest absolute Gasteiger partial charge is 0.242 e. The van der Waals surface area contributed by atoms with Gasteiger partial charge in [-0.1, -0.05) is 19.9 Å². The number of halogens is 1. The first-order valence-corrected chi connectivity index (χ1v) is 7.39. The van der Waals surface area contributed by atoms with Gasteiger partial charge < -0.3 is 25.8 Å². The second-order valence-corrected chi connectivity index (χ2v) is 5.74. The standard InChI is InChI=1S/C16H25N3O4.ClH/c1-10(2)15(17)16(22)18-8-14(21)19(3)9-11-5-6-12(20)13(7-11)23-4;/h5-7,10,15,20H,8-9,17H2,1-4H3,(H,18,22);1H/t15-;/m0./s1. The molecule has 1 aromatic carbocycles. The lowest BCUT2D eigenvalue weighted by molar-refractivity contribution is -0.132. The van der Waals surface area contributed by atoms with E-state index in [9.17, 15) is 14.7 Å². The maximum Gasteiger partial charge on any atom is 0.242 e. The van der Waals surface area contributed by atoms with Gasteiger partial charge >= 0.3 is 0 Å². The minimum Gasteiger partial charge on any atom is -0.504 e. The topological polar surface area (TPSA) is 105 Å². The predicted molar refractivity (Wildman–Crippen MR) is 94.2 cm³/mol. The lowest BCUT2D eigenvalue weighted by Gasteiger charge is -2.20. The third-order valence-electron chi connectivity index (χ3n) is 3.52. The maximum atomic E-state index is 12.1. The van der Waals surface area contributed by atoms with Crippen LogP contribution in [0.15, 0.2) is 18.2 Å². The van der Waals surface area contributed by atoms with Crippen LogP contribution in [-0.4, -0.2) is 48.6 Å². The number of aromatic hydroxyl groups is 1.